The SMILES string of the molecule is COc1cccc(F)c1-c1nccc(C(=O)Cc2cc(C)c3nn(C)cc3c2N2CC[C@@H](N)C2)n1. The number of ether oxygens (including phenoxy) is 1. The first kappa shape index (κ1) is 22.9. The molecule has 0 amide bonds. The number of Topliss-reactive ketones (excluding diaryl/α,β-unsaturated/α-hetero) is 1. The Bertz CT molecular complexity index is 1430. The fourth-order valence-corrected chi connectivity index (χ4v) is 4.81. The molecule has 180 valence electrons. The van der Waals surface area contributed by atoms with Gasteiger partial charge in [-0.3, -0.25) is 9.48 Å². The van der Waals surface area contributed by atoms with Crippen LogP contribution in [0.4, 0.5) is 10.1 Å². The number of aromatic nitrogens is 4. The van der Waals surface area contributed by atoms with Crippen LogP contribution in [0, 0.1) is 12.7 Å². The largest absolute Gasteiger partial charge is 0.496 e. The van der Waals surface area contributed by atoms with E-state index >= 15 is 0 Å². The third kappa shape index (κ3) is 4.23. The molecule has 2 aromatic carbocycles. The molecule has 8 nitrogen and oxygen atoms in total. The summed E-state index contributed by atoms with van der Waals surface area (Å²) in [5.74, 6) is -0.286. The Labute approximate surface area is 202 Å². The van der Waals surface area contributed by atoms with Crippen LogP contribution in [-0.4, -0.2) is 51.8 Å². The average molecular weight is 475 g/mol. The Hall–Kier alpha value is -3.85. The van der Waals surface area contributed by atoms with Crippen molar-refractivity contribution >= 4 is 22.4 Å². The Balaban J connectivity index is 1.54. The molecule has 1 aliphatic rings. The van der Waals surface area contributed by atoms with Gasteiger partial charge in [-0.1, -0.05) is 12.1 Å². The van der Waals surface area contributed by atoms with Crippen LogP contribution in [-0.2, 0) is 13.5 Å². The first-order valence-electron chi connectivity index (χ1n) is 11.5. The summed E-state index contributed by atoms with van der Waals surface area (Å²) in [4.78, 5) is 24.3. The minimum absolute atomic E-state index is 0.0896. The quantitative estimate of drug-likeness (QED) is 0.427. The van der Waals surface area contributed by atoms with E-state index in [4.69, 9.17) is 10.5 Å². The molecule has 1 atom stereocenters. The van der Waals surface area contributed by atoms with Gasteiger partial charge in [-0.25, -0.2) is 14.4 Å². The van der Waals surface area contributed by atoms with E-state index in [9.17, 15) is 9.18 Å². The fraction of sp³-hybridized carbons (Fsp3) is 0.308. The number of carbonyl (C=O) groups is 1. The molecule has 5 rings (SSSR count). The zero-order valence-electron chi connectivity index (χ0n) is 20.0. The summed E-state index contributed by atoms with van der Waals surface area (Å²) in [5.41, 5.74) is 10.3. The second-order valence-corrected chi connectivity index (χ2v) is 8.94. The Morgan fingerprint density at radius 2 is 2.14 bits per heavy atom. The van der Waals surface area contributed by atoms with Crippen molar-refractivity contribution in [1.29, 1.82) is 0 Å². The van der Waals surface area contributed by atoms with Gasteiger partial charge in [-0.15, -0.1) is 0 Å². The van der Waals surface area contributed by atoms with Gasteiger partial charge in [0.05, 0.1) is 23.9 Å². The lowest BCUT2D eigenvalue weighted by molar-refractivity contribution is 0.0988. The summed E-state index contributed by atoms with van der Waals surface area (Å²) >= 11 is 0. The van der Waals surface area contributed by atoms with E-state index in [1.54, 1.807) is 22.9 Å². The lowest BCUT2D eigenvalue weighted by Crippen LogP contribution is -2.27. The third-order valence-corrected chi connectivity index (χ3v) is 6.40. The van der Waals surface area contributed by atoms with Crippen LogP contribution < -0.4 is 15.4 Å². The molecule has 0 aliphatic carbocycles. The zero-order chi connectivity index (χ0) is 24.7. The van der Waals surface area contributed by atoms with E-state index in [0.717, 1.165) is 47.2 Å². The lowest BCUT2D eigenvalue weighted by atomic mass is 9.98. The van der Waals surface area contributed by atoms with Gasteiger partial charge < -0.3 is 15.4 Å². The van der Waals surface area contributed by atoms with Crippen LogP contribution in [0.3, 0.4) is 0 Å². The van der Waals surface area contributed by atoms with Gasteiger partial charge in [-0.05, 0) is 42.7 Å². The van der Waals surface area contributed by atoms with Gasteiger partial charge in [0.1, 0.15) is 17.3 Å². The predicted molar refractivity (Wildman–Crippen MR) is 132 cm³/mol. The van der Waals surface area contributed by atoms with Crippen LogP contribution >= 0.6 is 0 Å². The zero-order valence-corrected chi connectivity index (χ0v) is 20.0. The summed E-state index contributed by atoms with van der Waals surface area (Å²) in [7, 11) is 3.35. The number of hydrogen-bond donors (Lipinski definition) is 1. The molecule has 0 radical (unpaired) electrons. The molecule has 0 spiro atoms. The number of rotatable bonds is 6. The molecule has 2 aromatic heterocycles. The van der Waals surface area contributed by atoms with Gasteiger partial charge >= 0.3 is 0 Å². The number of fused-ring (bicyclic) bond motifs is 1. The van der Waals surface area contributed by atoms with Gasteiger partial charge in [0.2, 0.25) is 0 Å². The van der Waals surface area contributed by atoms with Gasteiger partial charge in [-0.2, -0.15) is 5.10 Å². The van der Waals surface area contributed by atoms with E-state index in [1.807, 2.05) is 26.2 Å². The van der Waals surface area contributed by atoms with Crippen molar-refractivity contribution in [3.8, 4) is 17.1 Å². The minimum atomic E-state index is -0.515. The maximum absolute atomic E-state index is 14.6. The molecule has 9 heteroatoms. The molecule has 1 saturated heterocycles. The number of halogens is 1. The standard InChI is InChI=1S/C26H27FN6O2/c1-15-11-16(25(33-10-8-17(28)13-33)18-14-32(2)31-24(15)18)12-21(34)20-7-9-29-26(30-20)23-19(27)5-4-6-22(23)35-3/h4-7,9,11,14,17H,8,10,12-13,28H2,1-3H3/t17-/m1/s1. The molecule has 0 unspecified atom stereocenters. The highest BCUT2D eigenvalue weighted by atomic mass is 19.1. The number of hydrogen-bond acceptors (Lipinski definition) is 7. The van der Waals surface area contributed by atoms with Crippen LogP contribution in [0.1, 0.15) is 28.0 Å². The normalized spacial score (nSPS) is 15.7. The number of nitrogens with two attached hydrogens (primary N) is 1. The summed E-state index contributed by atoms with van der Waals surface area (Å²) in [6.07, 6.45) is 4.49. The number of carbonyl (C=O) groups excluding carboxylic acids is 1. The maximum atomic E-state index is 14.6. The van der Waals surface area contributed by atoms with E-state index in [2.05, 4.69) is 20.0 Å². The number of anilines is 1. The molecule has 3 heterocycles. The molecule has 0 bridgehead atoms. The Morgan fingerprint density at radius 1 is 1.31 bits per heavy atom. The molecular formula is C26H27FN6O2. The van der Waals surface area contributed by atoms with Crippen molar-refractivity contribution in [2.75, 3.05) is 25.1 Å². The number of benzene rings is 2. The molecule has 1 fully saturated rings. The monoisotopic (exact) mass is 474 g/mol. The second kappa shape index (κ2) is 9.07. The second-order valence-electron chi connectivity index (χ2n) is 8.94. The minimum Gasteiger partial charge on any atom is -0.496 e. The molecule has 35 heavy (non-hydrogen) atoms. The van der Waals surface area contributed by atoms with Crippen LogP contribution in [0.2, 0.25) is 0 Å². The number of nitrogens with zero attached hydrogens (tertiary/aromatic N) is 5. The van der Waals surface area contributed by atoms with E-state index in [-0.39, 0.29) is 35.3 Å². The topological polar surface area (TPSA) is 99.2 Å². The summed E-state index contributed by atoms with van der Waals surface area (Å²) in [6.45, 7) is 3.54. The van der Waals surface area contributed by atoms with Gasteiger partial charge in [0.25, 0.3) is 0 Å². The average Bonchev–Trinajstić information content (AvgIpc) is 3.44. The fourth-order valence-electron chi connectivity index (χ4n) is 4.81. The van der Waals surface area contributed by atoms with Gasteiger partial charge in [0.15, 0.2) is 11.6 Å². The smallest absolute Gasteiger partial charge is 0.185 e. The van der Waals surface area contributed by atoms with Crippen molar-refractivity contribution in [1.82, 2.24) is 19.7 Å². The lowest BCUT2D eigenvalue weighted by Gasteiger charge is -2.23. The predicted octanol–water partition coefficient (Wildman–Crippen LogP) is 3.45. The molecule has 4 aromatic rings. The first-order chi connectivity index (χ1) is 16.9. The highest BCUT2D eigenvalue weighted by molar-refractivity contribution is 6.01. The van der Waals surface area contributed by atoms with Gasteiger partial charge in [0, 0.05) is 50.4 Å². The van der Waals surface area contributed by atoms with Crippen LogP contribution in [0.5, 0.6) is 5.75 Å². The molecule has 0 saturated carbocycles. The number of aryl methyl sites for hydroxylation is 2. The Morgan fingerprint density at radius 3 is 2.89 bits per heavy atom. The summed E-state index contributed by atoms with van der Waals surface area (Å²) in [6, 6.07) is 8.17. The number of ketones is 1. The van der Waals surface area contributed by atoms with Crippen molar-refractivity contribution in [2.45, 2.75) is 25.8 Å². The summed E-state index contributed by atoms with van der Waals surface area (Å²) in [5, 5.41) is 5.62. The molecule has 2 N–H and O–H groups in total. The maximum Gasteiger partial charge on any atom is 0.185 e. The summed E-state index contributed by atoms with van der Waals surface area (Å²) < 4.78 is 21.7. The van der Waals surface area contributed by atoms with Crippen molar-refractivity contribution in [3.05, 3.63) is 65.4 Å². The first-order valence-corrected chi connectivity index (χ1v) is 11.5. The third-order valence-electron chi connectivity index (χ3n) is 6.40. The van der Waals surface area contributed by atoms with Crippen molar-refractivity contribution in [2.24, 2.45) is 12.8 Å². The highest BCUT2D eigenvalue weighted by Gasteiger charge is 2.26. The van der Waals surface area contributed by atoms with Crippen molar-refractivity contribution < 1.29 is 13.9 Å². The van der Waals surface area contributed by atoms with E-state index in [1.165, 1.54) is 19.4 Å². The molecule has 1 aliphatic heterocycles. The number of methoxy groups -OCH3 is 1. The molecular weight excluding hydrogens is 447 g/mol. The van der Waals surface area contributed by atoms with Crippen LogP contribution in [0.25, 0.3) is 22.3 Å². The van der Waals surface area contributed by atoms with E-state index < -0.39 is 5.82 Å². The van der Waals surface area contributed by atoms with E-state index in [0.29, 0.717) is 5.75 Å². The Kier molecular flexibility index (Phi) is 5.94. The highest BCUT2D eigenvalue weighted by Crippen LogP contribution is 2.36. The van der Waals surface area contributed by atoms with Crippen LogP contribution in [0.15, 0.2) is 42.7 Å². The van der Waals surface area contributed by atoms with Crippen molar-refractivity contribution in [3.63, 3.8) is 0 Å².